The van der Waals surface area contributed by atoms with E-state index in [1.807, 2.05) is 43.3 Å². The van der Waals surface area contributed by atoms with Crippen LogP contribution in [0.2, 0.25) is 10.0 Å². The molecule has 4 aromatic rings. The summed E-state index contributed by atoms with van der Waals surface area (Å²) in [5.74, 6) is 0.504. The summed E-state index contributed by atoms with van der Waals surface area (Å²) in [4.78, 5) is 34.0. The lowest BCUT2D eigenvalue weighted by molar-refractivity contribution is -0.139. The fraction of sp³-hybridized carbons (Fsp3) is 0.207. The van der Waals surface area contributed by atoms with E-state index < -0.39 is 12.0 Å². The first-order valence-electron chi connectivity index (χ1n) is 12.2. The monoisotopic (exact) mass is 581 g/mol. The van der Waals surface area contributed by atoms with E-state index in [1.54, 1.807) is 54.8 Å². The molecule has 3 heterocycles. The predicted octanol–water partition coefficient (Wildman–Crippen LogP) is 5.43. The third-order valence-corrected chi connectivity index (χ3v) is 7.88. The molecule has 0 saturated heterocycles. The number of nitrogens with zero attached hydrogens (tertiary/aromatic N) is 3. The number of aromatic nitrogens is 1. The first kappa shape index (κ1) is 27.0. The van der Waals surface area contributed by atoms with Crippen molar-refractivity contribution in [2.24, 2.45) is 4.99 Å². The molecule has 0 aliphatic carbocycles. The number of hydrogen-bond acceptors (Lipinski definition) is 7. The van der Waals surface area contributed by atoms with E-state index in [1.165, 1.54) is 11.3 Å². The third kappa shape index (κ3) is 5.20. The van der Waals surface area contributed by atoms with Gasteiger partial charge in [0.1, 0.15) is 11.5 Å². The highest BCUT2D eigenvalue weighted by Crippen LogP contribution is 2.33. The molecule has 200 valence electrons. The van der Waals surface area contributed by atoms with Crippen molar-refractivity contribution in [1.82, 2.24) is 4.57 Å². The Kier molecular flexibility index (Phi) is 7.53. The Morgan fingerprint density at radius 2 is 1.90 bits per heavy atom. The molecule has 2 aromatic carbocycles. The molecule has 1 atom stereocenters. The molecule has 0 spiro atoms. The number of ether oxygens (including phenoxy) is 1. The molecule has 0 radical (unpaired) electrons. The highest BCUT2D eigenvalue weighted by Gasteiger charge is 2.33. The Bertz CT molecular complexity index is 1780. The third-order valence-electron chi connectivity index (χ3n) is 6.34. The van der Waals surface area contributed by atoms with E-state index in [2.05, 4.69) is 4.99 Å². The van der Waals surface area contributed by atoms with Crippen molar-refractivity contribution in [1.29, 1.82) is 0 Å². The molecule has 10 heteroatoms. The van der Waals surface area contributed by atoms with Gasteiger partial charge in [-0.05, 0) is 61.9 Å². The van der Waals surface area contributed by atoms with Gasteiger partial charge in [-0.3, -0.25) is 9.36 Å². The van der Waals surface area contributed by atoms with Crippen LogP contribution in [-0.4, -0.2) is 31.2 Å². The zero-order valence-corrected chi connectivity index (χ0v) is 24.0. The van der Waals surface area contributed by atoms with Gasteiger partial charge in [0.2, 0.25) is 0 Å². The zero-order valence-electron chi connectivity index (χ0n) is 21.7. The Morgan fingerprint density at radius 1 is 1.15 bits per heavy atom. The quantitative estimate of drug-likeness (QED) is 0.284. The van der Waals surface area contributed by atoms with Crippen molar-refractivity contribution < 1.29 is 13.9 Å². The molecule has 0 unspecified atom stereocenters. The number of carbonyl (C=O) groups excluding carboxylic acids is 1. The Labute approximate surface area is 238 Å². The topological polar surface area (TPSA) is 77.0 Å². The fourth-order valence-electron chi connectivity index (χ4n) is 4.45. The predicted molar refractivity (Wildman–Crippen MR) is 155 cm³/mol. The average Bonchev–Trinajstić information content (AvgIpc) is 3.49. The van der Waals surface area contributed by atoms with Crippen molar-refractivity contribution >= 4 is 52.3 Å². The molecule has 1 aliphatic heterocycles. The Hall–Kier alpha value is -3.59. The van der Waals surface area contributed by atoms with E-state index in [0.717, 1.165) is 11.3 Å². The van der Waals surface area contributed by atoms with Gasteiger partial charge in [-0.25, -0.2) is 9.79 Å². The molecule has 5 rings (SSSR count). The maximum absolute atomic E-state index is 13.8. The average molecular weight is 583 g/mol. The number of anilines is 1. The Balaban J connectivity index is 1.63. The van der Waals surface area contributed by atoms with Crippen LogP contribution in [0.1, 0.15) is 31.2 Å². The smallest absolute Gasteiger partial charge is 0.338 e. The fourth-order valence-corrected chi connectivity index (χ4v) is 5.86. The number of rotatable bonds is 6. The number of hydrogen-bond donors (Lipinski definition) is 0. The van der Waals surface area contributed by atoms with Crippen molar-refractivity contribution in [2.45, 2.75) is 19.9 Å². The second-order valence-corrected chi connectivity index (χ2v) is 11.0. The molecule has 0 bridgehead atoms. The lowest BCUT2D eigenvalue weighted by Crippen LogP contribution is -2.39. The standard InChI is InChI=1S/C29H25Cl2N3O4S/c1-5-37-28(36)25-16(2)32-29-34(26(25)17-6-9-19(10-7-17)33(3)4)27(35)24(39-29)15-20-11-13-23(38-20)21-14-18(30)8-12-22(21)31/h6-15,26H,5H2,1-4H3/b24-15+/t26-/m0/s1. The molecule has 39 heavy (non-hydrogen) atoms. The molecular weight excluding hydrogens is 557 g/mol. The van der Waals surface area contributed by atoms with Crippen LogP contribution in [0.25, 0.3) is 17.4 Å². The molecule has 0 saturated carbocycles. The zero-order chi connectivity index (χ0) is 27.8. The number of fused-ring (bicyclic) bond motifs is 1. The minimum Gasteiger partial charge on any atom is -0.463 e. The van der Waals surface area contributed by atoms with Crippen LogP contribution >= 0.6 is 34.5 Å². The molecule has 2 aromatic heterocycles. The molecular formula is C29H25Cl2N3O4S. The summed E-state index contributed by atoms with van der Waals surface area (Å²) in [6.45, 7) is 3.72. The van der Waals surface area contributed by atoms with Gasteiger partial charge in [-0.2, -0.15) is 0 Å². The summed E-state index contributed by atoms with van der Waals surface area (Å²) >= 11 is 13.7. The Morgan fingerprint density at radius 3 is 2.59 bits per heavy atom. The normalized spacial score (nSPS) is 15.2. The number of halogens is 2. The largest absolute Gasteiger partial charge is 0.463 e. The van der Waals surface area contributed by atoms with E-state index in [4.69, 9.17) is 32.4 Å². The molecule has 0 fully saturated rings. The number of esters is 1. The van der Waals surface area contributed by atoms with Crippen LogP contribution in [0.15, 0.2) is 80.1 Å². The van der Waals surface area contributed by atoms with E-state index in [-0.39, 0.29) is 12.2 Å². The van der Waals surface area contributed by atoms with Crippen molar-refractivity contribution in [3.05, 3.63) is 107 Å². The minimum atomic E-state index is -0.684. The van der Waals surface area contributed by atoms with Gasteiger partial charge >= 0.3 is 5.97 Å². The van der Waals surface area contributed by atoms with Crippen LogP contribution in [0, 0.1) is 0 Å². The summed E-state index contributed by atoms with van der Waals surface area (Å²) in [6.07, 6.45) is 1.67. The van der Waals surface area contributed by atoms with Crippen LogP contribution in [-0.2, 0) is 9.53 Å². The SMILES string of the molecule is CCOC(=O)C1=C(C)N=c2s/c(=C/c3ccc(-c4cc(Cl)ccc4Cl)o3)c(=O)n2[C@H]1c1ccc(N(C)C)cc1. The maximum Gasteiger partial charge on any atom is 0.338 e. The van der Waals surface area contributed by atoms with E-state index >= 15 is 0 Å². The van der Waals surface area contributed by atoms with Crippen molar-refractivity contribution in [3.8, 4) is 11.3 Å². The van der Waals surface area contributed by atoms with E-state index in [9.17, 15) is 9.59 Å². The van der Waals surface area contributed by atoms with Gasteiger partial charge in [0.05, 0.1) is 33.5 Å². The van der Waals surface area contributed by atoms with Crippen LogP contribution in [0.3, 0.4) is 0 Å². The van der Waals surface area contributed by atoms with Crippen molar-refractivity contribution in [3.63, 3.8) is 0 Å². The number of carbonyl (C=O) groups is 1. The molecule has 0 N–H and O–H groups in total. The van der Waals surface area contributed by atoms with Gasteiger partial charge in [-0.1, -0.05) is 46.7 Å². The van der Waals surface area contributed by atoms with Gasteiger partial charge in [0.15, 0.2) is 4.80 Å². The van der Waals surface area contributed by atoms with Gasteiger partial charge < -0.3 is 14.1 Å². The number of thiazole rings is 1. The lowest BCUT2D eigenvalue weighted by atomic mass is 9.95. The van der Waals surface area contributed by atoms with Crippen LogP contribution in [0.4, 0.5) is 5.69 Å². The van der Waals surface area contributed by atoms with Crippen molar-refractivity contribution in [2.75, 3.05) is 25.6 Å². The highest BCUT2D eigenvalue weighted by molar-refractivity contribution is 7.07. The first-order chi connectivity index (χ1) is 18.7. The van der Waals surface area contributed by atoms with Gasteiger partial charge in [-0.15, -0.1) is 0 Å². The van der Waals surface area contributed by atoms with Crippen LogP contribution < -0.4 is 19.8 Å². The second kappa shape index (κ2) is 10.9. The highest BCUT2D eigenvalue weighted by atomic mass is 35.5. The minimum absolute atomic E-state index is 0.212. The summed E-state index contributed by atoms with van der Waals surface area (Å²) in [6, 6.07) is 15.7. The van der Waals surface area contributed by atoms with Gasteiger partial charge in [0, 0.05) is 36.4 Å². The lowest BCUT2D eigenvalue weighted by Gasteiger charge is -2.25. The summed E-state index contributed by atoms with van der Waals surface area (Å²) in [7, 11) is 3.90. The second-order valence-electron chi connectivity index (χ2n) is 9.11. The molecule has 7 nitrogen and oxygen atoms in total. The molecule has 0 amide bonds. The number of furan rings is 1. The van der Waals surface area contributed by atoms with E-state index in [0.29, 0.717) is 47.7 Å². The number of allylic oxidation sites excluding steroid dienone is 1. The van der Waals surface area contributed by atoms with Crippen LogP contribution in [0.5, 0.6) is 0 Å². The summed E-state index contributed by atoms with van der Waals surface area (Å²) < 4.78 is 13.3. The molecule has 1 aliphatic rings. The number of benzene rings is 2. The van der Waals surface area contributed by atoms with Gasteiger partial charge in [0.25, 0.3) is 5.56 Å². The summed E-state index contributed by atoms with van der Waals surface area (Å²) in [5.41, 5.74) is 3.00. The maximum atomic E-state index is 13.8. The first-order valence-corrected chi connectivity index (χ1v) is 13.8. The summed E-state index contributed by atoms with van der Waals surface area (Å²) in [5, 5.41) is 1.04.